The number of benzene rings is 1. The van der Waals surface area contributed by atoms with Crippen LogP contribution >= 0.6 is 0 Å². The van der Waals surface area contributed by atoms with Crippen molar-refractivity contribution in [2.24, 2.45) is 5.92 Å². The Morgan fingerprint density at radius 2 is 1.63 bits per heavy atom. The van der Waals surface area contributed by atoms with E-state index < -0.39 is 23.8 Å². The van der Waals surface area contributed by atoms with Crippen molar-refractivity contribution in [1.82, 2.24) is 10.6 Å². The molecule has 0 fully saturated rings. The second-order valence-corrected chi connectivity index (χ2v) is 7.78. The molecule has 0 aliphatic heterocycles. The molecular formula is C19H28F2N2O4. The molecule has 1 unspecified atom stereocenters. The topological polar surface area (TPSA) is 76.7 Å². The first kappa shape index (κ1) is 22.7. The lowest BCUT2D eigenvalue weighted by Gasteiger charge is -2.35. The molecule has 0 aliphatic rings. The molecular weight excluding hydrogens is 358 g/mol. The quantitative estimate of drug-likeness (QED) is 0.744. The van der Waals surface area contributed by atoms with Gasteiger partial charge in [-0.05, 0) is 57.9 Å². The number of carbonyl (C=O) groups excluding carboxylic acids is 2. The molecule has 0 heterocycles. The van der Waals surface area contributed by atoms with Crippen molar-refractivity contribution in [1.29, 1.82) is 0 Å². The maximum absolute atomic E-state index is 12.5. The van der Waals surface area contributed by atoms with Crippen LogP contribution in [-0.2, 0) is 4.74 Å². The van der Waals surface area contributed by atoms with Crippen molar-refractivity contribution in [3.8, 4) is 5.75 Å². The van der Waals surface area contributed by atoms with Gasteiger partial charge in [-0.15, -0.1) is 0 Å². The lowest BCUT2D eigenvalue weighted by atomic mass is 9.88. The summed E-state index contributed by atoms with van der Waals surface area (Å²) in [5, 5.41) is 5.56. The number of amides is 2. The fourth-order valence-electron chi connectivity index (χ4n) is 2.08. The van der Waals surface area contributed by atoms with Crippen molar-refractivity contribution < 1.29 is 27.8 Å². The van der Waals surface area contributed by atoms with Gasteiger partial charge >= 0.3 is 12.7 Å². The number of alkyl halides is 2. The Kier molecular flexibility index (Phi) is 7.56. The molecule has 27 heavy (non-hydrogen) atoms. The van der Waals surface area contributed by atoms with Crippen LogP contribution in [0.1, 0.15) is 51.9 Å². The number of rotatable bonds is 7. The van der Waals surface area contributed by atoms with Gasteiger partial charge in [-0.25, -0.2) is 4.79 Å². The van der Waals surface area contributed by atoms with E-state index in [1.54, 1.807) is 27.7 Å². The highest BCUT2D eigenvalue weighted by Gasteiger charge is 2.32. The number of carbonyl (C=O) groups is 2. The first-order chi connectivity index (χ1) is 12.3. The summed E-state index contributed by atoms with van der Waals surface area (Å²) in [7, 11) is 0. The second-order valence-electron chi connectivity index (χ2n) is 7.78. The van der Waals surface area contributed by atoms with Gasteiger partial charge in [0, 0.05) is 12.1 Å². The molecule has 0 spiro atoms. The van der Waals surface area contributed by atoms with E-state index in [1.807, 2.05) is 13.8 Å². The summed E-state index contributed by atoms with van der Waals surface area (Å²) >= 11 is 0. The molecule has 0 bridgehead atoms. The van der Waals surface area contributed by atoms with Crippen LogP contribution in [0.4, 0.5) is 13.6 Å². The molecule has 1 atom stereocenters. The van der Waals surface area contributed by atoms with Crippen LogP contribution in [0.25, 0.3) is 0 Å². The Balaban J connectivity index is 2.77. The van der Waals surface area contributed by atoms with E-state index in [9.17, 15) is 18.4 Å². The van der Waals surface area contributed by atoms with Crippen molar-refractivity contribution in [2.75, 3.05) is 6.54 Å². The average Bonchev–Trinajstić information content (AvgIpc) is 2.51. The maximum atomic E-state index is 12.5. The highest BCUT2D eigenvalue weighted by Crippen LogP contribution is 2.19. The number of nitrogens with one attached hydrogen (secondary N) is 2. The predicted molar refractivity (Wildman–Crippen MR) is 98.0 cm³/mol. The van der Waals surface area contributed by atoms with Gasteiger partial charge in [0.1, 0.15) is 11.4 Å². The van der Waals surface area contributed by atoms with Crippen LogP contribution in [0.2, 0.25) is 0 Å². The van der Waals surface area contributed by atoms with E-state index in [1.165, 1.54) is 24.3 Å². The molecule has 1 aromatic carbocycles. The van der Waals surface area contributed by atoms with Crippen molar-refractivity contribution >= 4 is 12.0 Å². The van der Waals surface area contributed by atoms with E-state index in [-0.39, 0.29) is 24.1 Å². The zero-order valence-electron chi connectivity index (χ0n) is 16.6. The van der Waals surface area contributed by atoms with Crippen LogP contribution in [0, 0.1) is 5.92 Å². The summed E-state index contributed by atoms with van der Waals surface area (Å²) in [6.45, 7) is 8.16. The smallest absolute Gasteiger partial charge is 0.407 e. The third-order valence-corrected chi connectivity index (χ3v) is 4.01. The number of hydrogen-bond donors (Lipinski definition) is 2. The third-order valence-electron chi connectivity index (χ3n) is 4.01. The molecule has 1 rings (SSSR count). The van der Waals surface area contributed by atoms with Gasteiger partial charge in [0.05, 0.1) is 5.54 Å². The summed E-state index contributed by atoms with van der Waals surface area (Å²) < 4.78 is 33.9. The molecule has 0 radical (unpaired) electrons. The molecule has 6 nitrogen and oxygen atoms in total. The Bertz CT molecular complexity index is 642. The Hall–Kier alpha value is -2.38. The van der Waals surface area contributed by atoms with E-state index in [0.717, 1.165) is 0 Å². The zero-order valence-corrected chi connectivity index (χ0v) is 16.6. The van der Waals surface area contributed by atoms with Crippen LogP contribution in [0.3, 0.4) is 0 Å². The maximum Gasteiger partial charge on any atom is 0.407 e. The van der Waals surface area contributed by atoms with Gasteiger partial charge < -0.3 is 20.1 Å². The summed E-state index contributed by atoms with van der Waals surface area (Å²) in [6, 6.07) is 5.39. The largest absolute Gasteiger partial charge is 0.444 e. The SMILES string of the molecule is CC(C)C(C)(CNC(=O)OC(C)(C)C)NC(=O)c1ccc(OC(F)F)cc1. The van der Waals surface area contributed by atoms with Gasteiger partial charge in [-0.3, -0.25) is 4.79 Å². The van der Waals surface area contributed by atoms with Gasteiger partial charge in [0.25, 0.3) is 5.91 Å². The van der Waals surface area contributed by atoms with E-state index >= 15 is 0 Å². The van der Waals surface area contributed by atoms with Crippen molar-refractivity contribution in [2.45, 2.75) is 59.3 Å². The highest BCUT2D eigenvalue weighted by molar-refractivity contribution is 5.94. The minimum atomic E-state index is -2.92. The Labute approximate surface area is 158 Å². The fraction of sp³-hybridized carbons (Fsp3) is 0.579. The molecule has 0 saturated heterocycles. The Morgan fingerprint density at radius 3 is 2.07 bits per heavy atom. The number of halogens is 2. The first-order valence-electron chi connectivity index (χ1n) is 8.66. The molecule has 2 N–H and O–H groups in total. The zero-order chi connectivity index (χ0) is 20.8. The van der Waals surface area contributed by atoms with Crippen LogP contribution in [0.15, 0.2) is 24.3 Å². The summed E-state index contributed by atoms with van der Waals surface area (Å²) in [4.78, 5) is 24.4. The lowest BCUT2D eigenvalue weighted by Crippen LogP contribution is -2.57. The van der Waals surface area contributed by atoms with Crippen molar-refractivity contribution in [3.63, 3.8) is 0 Å². The lowest BCUT2D eigenvalue weighted by molar-refractivity contribution is -0.0498. The van der Waals surface area contributed by atoms with Gasteiger partial charge in [-0.1, -0.05) is 13.8 Å². The monoisotopic (exact) mass is 386 g/mol. The average molecular weight is 386 g/mol. The van der Waals surface area contributed by atoms with Crippen molar-refractivity contribution in [3.05, 3.63) is 29.8 Å². The van der Waals surface area contributed by atoms with Crippen LogP contribution in [0.5, 0.6) is 5.75 Å². The van der Waals surface area contributed by atoms with Gasteiger partial charge in [0.15, 0.2) is 0 Å². The minimum Gasteiger partial charge on any atom is -0.444 e. The summed E-state index contributed by atoms with van der Waals surface area (Å²) in [5.41, 5.74) is -1.07. The molecule has 0 aliphatic carbocycles. The highest BCUT2D eigenvalue weighted by atomic mass is 19.3. The van der Waals surface area contributed by atoms with E-state index in [4.69, 9.17) is 4.74 Å². The van der Waals surface area contributed by atoms with E-state index in [2.05, 4.69) is 15.4 Å². The molecule has 152 valence electrons. The molecule has 0 saturated carbocycles. The number of ether oxygens (including phenoxy) is 2. The summed E-state index contributed by atoms with van der Waals surface area (Å²) in [6.07, 6.45) is -0.572. The fourth-order valence-corrected chi connectivity index (χ4v) is 2.08. The molecule has 1 aromatic rings. The standard InChI is InChI=1S/C19H28F2N2O4/c1-12(2)19(6,11-22-17(25)27-18(3,4)5)23-15(24)13-7-9-14(10-8-13)26-16(20)21/h7-10,12,16H,11H2,1-6H3,(H,22,25)(H,23,24). The normalized spacial score (nSPS) is 13.9. The predicted octanol–water partition coefficient (Wildman–Crippen LogP) is 3.96. The molecule has 8 heteroatoms. The van der Waals surface area contributed by atoms with Crippen LogP contribution < -0.4 is 15.4 Å². The first-order valence-corrected chi connectivity index (χ1v) is 8.66. The third kappa shape index (κ3) is 7.80. The Morgan fingerprint density at radius 1 is 1.07 bits per heavy atom. The van der Waals surface area contributed by atoms with Gasteiger partial charge in [-0.2, -0.15) is 8.78 Å². The molecule has 2 amide bonds. The van der Waals surface area contributed by atoms with Gasteiger partial charge in [0.2, 0.25) is 0 Å². The van der Waals surface area contributed by atoms with E-state index in [0.29, 0.717) is 5.56 Å². The molecule has 0 aromatic heterocycles. The second kappa shape index (κ2) is 9.01. The number of alkyl carbamates (subject to hydrolysis) is 1. The summed E-state index contributed by atoms with van der Waals surface area (Å²) in [5.74, 6) is -0.418. The van der Waals surface area contributed by atoms with Crippen LogP contribution in [-0.4, -0.2) is 36.3 Å². The minimum absolute atomic E-state index is 0.00201. The number of hydrogen-bond acceptors (Lipinski definition) is 4.